The lowest BCUT2D eigenvalue weighted by molar-refractivity contribution is 0.324. The molecular formula is C11H22N2. The third kappa shape index (κ3) is 9.39. The maximum absolute atomic E-state index is 5.18. The second kappa shape index (κ2) is 9.57. The Balaban J connectivity index is 3.11. The predicted octanol–water partition coefficient (Wildman–Crippen LogP) is 1.33. The molecule has 0 amide bonds. The SMILES string of the molecule is C#CCCCN(C)CCCNCC. The van der Waals surface area contributed by atoms with Gasteiger partial charge in [-0.05, 0) is 46.1 Å². The zero-order valence-electron chi connectivity index (χ0n) is 8.97. The summed E-state index contributed by atoms with van der Waals surface area (Å²) in [5.74, 6) is 2.66. The van der Waals surface area contributed by atoms with Crippen LogP contribution >= 0.6 is 0 Å². The first kappa shape index (κ1) is 12.5. The van der Waals surface area contributed by atoms with E-state index in [0.717, 1.165) is 39.0 Å². The highest BCUT2D eigenvalue weighted by molar-refractivity contribution is 4.83. The molecule has 0 saturated carbocycles. The molecule has 2 nitrogen and oxygen atoms in total. The van der Waals surface area contributed by atoms with Crippen LogP contribution in [0.1, 0.15) is 26.2 Å². The fraction of sp³-hybridized carbons (Fsp3) is 0.818. The molecule has 0 bridgehead atoms. The van der Waals surface area contributed by atoms with Crippen molar-refractivity contribution in [3.8, 4) is 12.3 Å². The smallest absolute Gasteiger partial charge is 0.00982 e. The topological polar surface area (TPSA) is 15.3 Å². The van der Waals surface area contributed by atoms with Crippen LogP contribution < -0.4 is 5.32 Å². The molecule has 0 aromatic carbocycles. The van der Waals surface area contributed by atoms with Crippen molar-refractivity contribution in [2.45, 2.75) is 26.2 Å². The van der Waals surface area contributed by atoms with Crippen LogP contribution in [0.4, 0.5) is 0 Å². The molecule has 0 unspecified atom stereocenters. The van der Waals surface area contributed by atoms with Crippen LogP contribution in [0.2, 0.25) is 0 Å². The third-order valence-electron chi connectivity index (χ3n) is 2.00. The molecular weight excluding hydrogens is 160 g/mol. The summed E-state index contributed by atoms with van der Waals surface area (Å²) in [6.07, 6.45) is 8.42. The highest BCUT2D eigenvalue weighted by Gasteiger charge is 1.96. The minimum absolute atomic E-state index is 0.900. The molecule has 2 heteroatoms. The number of nitrogens with one attached hydrogen (secondary N) is 1. The Hall–Kier alpha value is -0.520. The van der Waals surface area contributed by atoms with Crippen molar-refractivity contribution in [1.29, 1.82) is 0 Å². The lowest BCUT2D eigenvalue weighted by Crippen LogP contribution is -2.24. The van der Waals surface area contributed by atoms with Gasteiger partial charge in [0.05, 0.1) is 0 Å². The summed E-state index contributed by atoms with van der Waals surface area (Å²) in [6, 6.07) is 0. The molecule has 0 aromatic heterocycles. The average Bonchev–Trinajstić information content (AvgIpc) is 2.13. The van der Waals surface area contributed by atoms with Crippen LogP contribution in [0.3, 0.4) is 0 Å². The standard InChI is InChI=1S/C11H22N2/c1-4-6-7-10-13(3)11-8-9-12-5-2/h1,12H,5-11H2,2-3H3. The zero-order valence-corrected chi connectivity index (χ0v) is 8.97. The molecule has 1 N–H and O–H groups in total. The molecule has 0 fully saturated rings. The Kier molecular flexibility index (Phi) is 9.18. The van der Waals surface area contributed by atoms with Gasteiger partial charge in [0, 0.05) is 6.42 Å². The van der Waals surface area contributed by atoms with Crippen LogP contribution in [0, 0.1) is 12.3 Å². The Bertz CT molecular complexity index is 138. The maximum Gasteiger partial charge on any atom is 0.00982 e. The number of rotatable bonds is 8. The monoisotopic (exact) mass is 182 g/mol. The van der Waals surface area contributed by atoms with Gasteiger partial charge in [-0.25, -0.2) is 0 Å². The zero-order chi connectivity index (χ0) is 9.94. The number of hydrogen-bond donors (Lipinski definition) is 1. The molecule has 0 saturated heterocycles. The van der Waals surface area contributed by atoms with E-state index in [1.165, 1.54) is 6.42 Å². The quantitative estimate of drug-likeness (QED) is 0.450. The molecule has 13 heavy (non-hydrogen) atoms. The van der Waals surface area contributed by atoms with E-state index >= 15 is 0 Å². The number of hydrogen-bond acceptors (Lipinski definition) is 2. The van der Waals surface area contributed by atoms with Crippen LogP contribution in [0.5, 0.6) is 0 Å². The number of unbranched alkanes of at least 4 members (excludes halogenated alkanes) is 1. The van der Waals surface area contributed by atoms with Gasteiger partial charge >= 0.3 is 0 Å². The molecule has 0 aliphatic carbocycles. The van der Waals surface area contributed by atoms with Gasteiger partial charge in [-0.3, -0.25) is 0 Å². The summed E-state index contributed by atoms with van der Waals surface area (Å²) in [5.41, 5.74) is 0. The molecule has 0 heterocycles. The second-order valence-electron chi connectivity index (χ2n) is 3.32. The van der Waals surface area contributed by atoms with Crippen molar-refractivity contribution in [2.75, 3.05) is 33.2 Å². The van der Waals surface area contributed by atoms with Gasteiger partial charge in [-0.2, -0.15) is 0 Å². The molecule has 0 aliphatic heterocycles. The third-order valence-corrected chi connectivity index (χ3v) is 2.00. The van der Waals surface area contributed by atoms with Crippen LogP contribution in [-0.4, -0.2) is 38.1 Å². The van der Waals surface area contributed by atoms with Gasteiger partial charge in [0.1, 0.15) is 0 Å². The van der Waals surface area contributed by atoms with Gasteiger partial charge < -0.3 is 10.2 Å². The fourth-order valence-electron chi connectivity index (χ4n) is 1.21. The van der Waals surface area contributed by atoms with Crippen molar-refractivity contribution in [1.82, 2.24) is 10.2 Å². The number of terminal acetylenes is 1. The Labute approximate surface area is 82.7 Å². The summed E-state index contributed by atoms with van der Waals surface area (Å²) in [5, 5.41) is 3.31. The van der Waals surface area contributed by atoms with Gasteiger partial charge in [-0.1, -0.05) is 6.92 Å². The van der Waals surface area contributed by atoms with Gasteiger partial charge in [0.15, 0.2) is 0 Å². The van der Waals surface area contributed by atoms with Crippen LogP contribution in [0.25, 0.3) is 0 Å². The first-order valence-corrected chi connectivity index (χ1v) is 5.14. The van der Waals surface area contributed by atoms with Crippen molar-refractivity contribution >= 4 is 0 Å². The second-order valence-corrected chi connectivity index (χ2v) is 3.32. The average molecular weight is 182 g/mol. The van der Waals surface area contributed by atoms with E-state index in [1.807, 2.05) is 0 Å². The summed E-state index contributed by atoms with van der Waals surface area (Å²) < 4.78 is 0. The first-order valence-electron chi connectivity index (χ1n) is 5.14. The summed E-state index contributed by atoms with van der Waals surface area (Å²) >= 11 is 0. The molecule has 0 radical (unpaired) electrons. The number of nitrogens with zero attached hydrogens (tertiary/aromatic N) is 1. The summed E-state index contributed by atoms with van der Waals surface area (Å²) in [4.78, 5) is 2.34. The lowest BCUT2D eigenvalue weighted by Gasteiger charge is -2.15. The molecule has 76 valence electrons. The van der Waals surface area contributed by atoms with Gasteiger partial charge in [-0.15, -0.1) is 12.3 Å². The van der Waals surface area contributed by atoms with Crippen LogP contribution in [-0.2, 0) is 0 Å². The van der Waals surface area contributed by atoms with E-state index in [9.17, 15) is 0 Å². The largest absolute Gasteiger partial charge is 0.317 e. The van der Waals surface area contributed by atoms with E-state index in [2.05, 4.69) is 30.1 Å². The van der Waals surface area contributed by atoms with E-state index in [4.69, 9.17) is 6.42 Å². The highest BCUT2D eigenvalue weighted by Crippen LogP contribution is 1.92. The van der Waals surface area contributed by atoms with Crippen molar-refractivity contribution in [3.05, 3.63) is 0 Å². The van der Waals surface area contributed by atoms with Crippen LogP contribution in [0.15, 0.2) is 0 Å². The normalized spacial score (nSPS) is 10.3. The predicted molar refractivity (Wildman–Crippen MR) is 58.7 cm³/mol. The lowest BCUT2D eigenvalue weighted by atomic mass is 10.3. The minimum Gasteiger partial charge on any atom is -0.317 e. The van der Waals surface area contributed by atoms with Gasteiger partial charge in [0.2, 0.25) is 0 Å². The minimum atomic E-state index is 0.900. The van der Waals surface area contributed by atoms with E-state index in [-0.39, 0.29) is 0 Å². The molecule has 0 aliphatic rings. The van der Waals surface area contributed by atoms with E-state index in [1.54, 1.807) is 0 Å². The Morgan fingerprint density at radius 2 is 2.00 bits per heavy atom. The first-order chi connectivity index (χ1) is 6.31. The Morgan fingerprint density at radius 3 is 2.62 bits per heavy atom. The Morgan fingerprint density at radius 1 is 1.31 bits per heavy atom. The summed E-state index contributed by atoms with van der Waals surface area (Å²) in [6.45, 7) is 6.61. The van der Waals surface area contributed by atoms with E-state index in [0.29, 0.717) is 0 Å². The van der Waals surface area contributed by atoms with Crippen molar-refractivity contribution in [3.63, 3.8) is 0 Å². The maximum atomic E-state index is 5.18. The molecule has 0 aromatic rings. The van der Waals surface area contributed by atoms with E-state index < -0.39 is 0 Å². The molecule has 0 spiro atoms. The van der Waals surface area contributed by atoms with Gasteiger partial charge in [0.25, 0.3) is 0 Å². The fourth-order valence-corrected chi connectivity index (χ4v) is 1.21. The summed E-state index contributed by atoms with van der Waals surface area (Å²) in [7, 11) is 2.16. The molecule has 0 atom stereocenters. The van der Waals surface area contributed by atoms with Crippen molar-refractivity contribution in [2.24, 2.45) is 0 Å². The molecule has 0 rings (SSSR count). The highest BCUT2D eigenvalue weighted by atomic mass is 15.1. The van der Waals surface area contributed by atoms with Crippen molar-refractivity contribution < 1.29 is 0 Å².